The highest BCUT2D eigenvalue weighted by Gasteiger charge is 2.58. The topological polar surface area (TPSA) is 9.72 Å². The smallest absolute Gasteiger partial charge is 0.252 e. The number of anilines is 8. The van der Waals surface area contributed by atoms with Crippen LogP contribution in [0.3, 0.4) is 0 Å². The van der Waals surface area contributed by atoms with Gasteiger partial charge in [-0.2, -0.15) is 0 Å². The summed E-state index contributed by atoms with van der Waals surface area (Å²) in [7, 11) is 0. The minimum absolute atomic E-state index is 0.00380. The van der Waals surface area contributed by atoms with Gasteiger partial charge >= 0.3 is 0 Å². The molecule has 8 aromatic carbocycles. The number of hydrogen-bond acceptors (Lipinski definition) is 3. The van der Waals surface area contributed by atoms with Crippen LogP contribution in [0.2, 0.25) is 0 Å². The minimum atomic E-state index is -0.103. The molecule has 3 heterocycles. The third-order valence-electron chi connectivity index (χ3n) is 19.3. The van der Waals surface area contributed by atoms with Gasteiger partial charge in [0.2, 0.25) is 0 Å². The Morgan fingerprint density at radius 3 is 1.72 bits per heavy atom. The van der Waals surface area contributed by atoms with E-state index in [9.17, 15) is 0 Å². The molecule has 0 amide bonds. The van der Waals surface area contributed by atoms with Crippen molar-refractivity contribution in [3.63, 3.8) is 0 Å². The lowest BCUT2D eigenvalue weighted by Crippen LogP contribution is -2.61. The molecule has 5 aliphatic rings. The zero-order valence-electron chi connectivity index (χ0n) is 47.8. The van der Waals surface area contributed by atoms with Crippen LogP contribution in [0.25, 0.3) is 22.3 Å². The first-order valence-electron chi connectivity index (χ1n) is 28.4. The number of fused-ring (bicyclic) bond motifs is 10. The zero-order chi connectivity index (χ0) is 53.2. The predicted molar refractivity (Wildman–Crippen MR) is 327 cm³/mol. The van der Waals surface area contributed by atoms with Crippen molar-refractivity contribution >= 4 is 68.6 Å². The molecule has 0 saturated heterocycles. The molecule has 0 spiro atoms. The maximum atomic E-state index is 2.80. The second-order valence-corrected chi connectivity index (χ2v) is 27.5. The Morgan fingerprint density at radius 1 is 0.421 bits per heavy atom. The van der Waals surface area contributed by atoms with Crippen molar-refractivity contribution in [2.24, 2.45) is 0 Å². The summed E-state index contributed by atoms with van der Waals surface area (Å²) >= 11 is 0. The third kappa shape index (κ3) is 7.00. The van der Waals surface area contributed by atoms with E-state index in [1.807, 2.05) is 0 Å². The van der Waals surface area contributed by atoms with Gasteiger partial charge in [-0.05, 0) is 176 Å². The summed E-state index contributed by atoms with van der Waals surface area (Å²) in [5.41, 5.74) is 28.7. The number of benzene rings is 8. The Hall–Kier alpha value is -6.78. The lowest BCUT2D eigenvalue weighted by atomic mass is 9.33. The molecule has 3 nitrogen and oxygen atoms in total. The second kappa shape index (κ2) is 16.4. The minimum Gasteiger partial charge on any atom is -0.334 e. The monoisotopic (exact) mass is 994 g/mol. The molecule has 3 aliphatic heterocycles. The molecule has 0 N–H and O–H groups in total. The van der Waals surface area contributed by atoms with Gasteiger partial charge < -0.3 is 14.7 Å². The van der Waals surface area contributed by atoms with Gasteiger partial charge in [0, 0.05) is 56.2 Å². The van der Waals surface area contributed by atoms with Crippen LogP contribution in [-0.4, -0.2) is 12.3 Å². The molecular formula is C72H76BN3. The van der Waals surface area contributed by atoms with Crippen LogP contribution in [-0.2, 0) is 27.1 Å². The average Bonchev–Trinajstić information content (AvgIpc) is 3.90. The van der Waals surface area contributed by atoms with Gasteiger partial charge in [0.1, 0.15) is 0 Å². The Morgan fingerprint density at radius 2 is 1.01 bits per heavy atom. The van der Waals surface area contributed by atoms with Crippen LogP contribution in [0.15, 0.2) is 158 Å². The number of nitrogens with zero attached hydrogens (tertiary/aromatic N) is 3. The fourth-order valence-electron chi connectivity index (χ4n) is 14.8. The summed E-state index contributed by atoms with van der Waals surface area (Å²) in [4.78, 5) is 8.11. The highest BCUT2D eigenvalue weighted by atomic mass is 15.3. The molecule has 8 aromatic rings. The van der Waals surface area contributed by atoms with Crippen LogP contribution in [0.1, 0.15) is 155 Å². The maximum absolute atomic E-state index is 2.80. The van der Waals surface area contributed by atoms with E-state index in [0.29, 0.717) is 0 Å². The Kier molecular flexibility index (Phi) is 10.5. The van der Waals surface area contributed by atoms with Crippen molar-refractivity contribution in [1.29, 1.82) is 0 Å². The molecule has 2 unspecified atom stereocenters. The molecule has 0 aromatic heterocycles. The molecule has 2 aliphatic carbocycles. The fourth-order valence-corrected chi connectivity index (χ4v) is 14.8. The van der Waals surface area contributed by atoms with E-state index in [1.165, 1.54) is 142 Å². The lowest BCUT2D eigenvalue weighted by molar-refractivity contribution is 0.195. The largest absolute Gasteiger partial charge is 0.334 e. The number of aryl methyl sites for hydroxylation is 1. The van der Waals surface area contributed by atoms with Gasteiger partial charge in [0.15, 0.2) is 0 Å². The van der Waals surface area contributed by atoms with Crippen LogP contribution >= 0.6 is 0 Å². The zero-order valence-corrected chi connectivity index (χ0v) is 47.8. The van der Waals surface area contributed by atoms with Crippen LogP contribution in [0, 0.1) is 6.92 Å². The first-order valence-corrected chi connectivity index (χ1v) is 28.4. The van der Waals surface area contributed by atoms with Crippen molar-refractivity contribution in [1.82, 2.24) is 0 Å². The molecule has 2 atom stereocenters. The third-order valence-corrected chi connectivity index (χ3v) is 19.3. The summed E-state index contributed by atoms with van der Waals surface area (Å²) in [6.07, 6.45) is 4.83. The van der Waals surface area contributed by atoms with Gasteiger partial charge in [0.25, 0.3) is 6.71 Å². The second-order valence-electron chi connectivity index (χ2n) is 27.5. The lowest BCUT2D eigenvalue weighted by Gasteiger charge is -2.51. The van der Waals surface area contributed by atoms with Crippen molar-refractivity contribution in [2.45, 2.75) is 155 Å². The first kappa shape index (κ1) is 48.8. The van der Waals surface area contributed by atoms with Crippen LogP contribution < -0.4 is 31.1 Å². The molecule has 4 heteroatoms. The highest BCUT2D eigenvalue weighted by Crippen LogP contribution is 2.62. The van der Waals surface area contributed by atoms with Crippen LogP contribution in [0.4, 0.5) is 45.5 Å². The summed E-state index contributed by atoms with van der Waals surface area (Å²) in [5, 5.41) is 0. The Balaban J connectivity index is 1.11. The van der Waals surface area contributed by atoms with Gasteiger partial charge in [0.05, 0.1) is 11.2 Å². The molecule has 382 valence electrons. The maximum Gasteiger partial charge on any atom is 0.252 e. The van der Waals surface area contributed by atoms with Crippen molar-refractivity contribution < 1.29 is 0 Å². The van der Waals surface area contributed by atoms with Gasteiger partial charge in [-0.25, -0.2) is 0 Å². The number of rotatable bonds is 4. The molecular weight excluding hydrogens is 918 g/mol. The van der Waals surface area contributed by atoms with E-state index >= 15 is 0 Å². The van der Waals surface area contributed by atoms with E-state index in [0.717, 1.165) is 6.42 Å². The summed E-state index contributed by atoms with van der Waals surface area (Å²) in [6, 6.07) is 62.4. The Bertz CT molecular complexity index is 3710. The first-order chi connectivity index (χ1) is 36.0. The summed E-state index contributed by atoms with van der Waals surface area (Å²) in [6.45, 7) is 33.5. The molecule has 76 heavy (non-hydrogen) atoms. The molecule has 0 bridgehead atoms. The summed E-state index contributed by atoms with van der Waals surface area (Å²) in [5.74, 6) is 0. The normalized spacial score (nSPS) is 19.9. The van der Waals surface area contributed by atoms with Crippen molar-refractivity contribution in [2.75, 3.05) is 14.7 Å². The SMILES string of the molecule is Cc1cc2c3c(c1)N(c1ccc(C(C)(C)C)cc1-c1ccccc1)c1cc(N4c5ccc(C(C)(C)C)cc5C5(C)CCCCC45C)ccc1B3c1cc(C(C)(C)C)ccc1N2c1ccc2c(c1)-c1ccccc1C2(C)C. The quantitative estimate of drug-likeness (QED) is 0.163. The van der Waals surface area contributed by atoms with Crippen LogP contribution in [0.5, 0.6) is 0 Å². The Labute approximate surface area is 455 Å². The average molecular weight is 994 g/mol. The van der Waals surface area contributed by atoms with E-state index < -0.39 is 0 Å². The van der Waals surface area contributed by atoms with E-state index in [4.69, 9.17) is 0 Å². The fraction of sp³-hybridized carbons (Fsp3) is 0.333. The molecule has 1 fully saturated rings. The molecule has 0 radical (unpaired) electrons. The van der Waals surface area contributed by atoms with Crippen molar-refractivity contribution in [3.8, 4) is 22.3 Å². The van der Waals surface area contributed by atoms with Gasteiger partial charge in [-0.3, -0.25) is 0 Å². The van der Waals surface area contributed by atoms with Gasteiger partial charge in [-0.1, -0.05) is 193 Å². The molecule has 1 saturated carbocycles. The predicted octanol–water partition coefficient (Wildman–Crippen LogP) is 17.7. The van der Waals surface area contributed by atoms with Gasteiger partial charge in [-0.15, -0.1) is 0 Å². The summed E-state index contributed by atoms with van der Waals surface area (Å²) < 4.78 is 0. The standard InChI is InChI=1S/C72H76BN3/c1-45-38-64-66-65(39-45)75(60-33-26-47(67(2,3)4)40-53(60)46-22-16-15-17-23-46)63-44-51(76-61-34-27-48(68(5,6)7)41-57(61)71(13)36-20-21-37-72(71,76)14)30-32-58(63)73(66)59-42-49(69(8,9)10)28-35-62(59)74(64)50-29-31-56-54(43-50)52-24-18-19-25-55(52)70(56,11)12/h15-19,22-35,38-44H,20-21,36-37H2,1-14H3. The van der Waals surface area contributed by atoms with Crippen molar-refractivity contribution in [3.05, 3.63) is 197 Å². The highest BCUT2D eigenvalue weighted by molar-refractivity contribution is 7.00. The van der Waals surface area contributed by atoms with E-state index in [-0.39, 0.29) is 39.3 Å². The molecule has 13 rings (SSSR count). The number of hydrogen-bond donors (Lipinski definition) is 0. The van der Waals surface area contributed by atoms with E-state index in [1.54, 1.807) is 0 Å². The van der Waals surface area contributed by atoms with E-state index in [2.05, 4.69) is 269 Å².